The molecular weight excluding hydrogens is 426 g/mol. The molecule has 2 aromatic carbocycles. The van der Waals surface area contributed by atoms with Gasteiger partial charge >= 0.3 is 10.2 Å². The quantitative estimate of drug-likeness (QED) is 0.780. The number of nitrogens with zero attached hydrogens (tertiary/aromatic N) is 3. The number of nitrogens with one attached hydrogen (secondary N) is 1. The van der Waals surface area contributed by atoms with Crippen LogP contribution in [0.2, 0.25) is 0 Å². The number of hydrogen-bond donors (Lipinski definition) is 1. The minimum absolute atomic E-state index is 0. The molecule has 10 heteroatoms. The minimum Gasteiger partial charge on any atom is -0.314 e. The third-order valence-corrected chi connectivity index (χ3v) is 6.56. The van der Waals surface area contributed by atoms with E-state index in [0.717, 1.165) is 30.5 Å². The van der Waals surface area contributed by atoms with Crippen molar-refractivity contribution in [2.75, 3.05) is 47.9 Å². The zero-order chi connectivity index (χ0) is 18.1. The molecule has 1 saturated heterocycles. The van der Waals surface area contributed by atoms with Crippen LogP contribution in [0.4, 0.5) is 21.5 Å². The van der Waals surface area contributed by atoms with Crippen molar-refractivity contribution in [1.82, 2.24) is 10.2 Å². The number of piperazine rings is 1. The monoisotopic (exact) mass is 448 g/mol. The standard InChI is InChI=1S/C18H21FN4O2S.2ClH/c19-16-7-4-8-17-18(16)23(15-5-2-1-3-6-15)26(24,25)22(17)14-13-21-11-9-20-10-12-21;;/h1-8,20H,9-14H2;2*1H. The Kier molecular flexibility index (Phi) is 7.52. The summed E-state index contributed by atoms with van der Waals surface area (Å²) in [5.74, 6) is -0.542. The van der Waals surface area contributed by atoms with Gasteiger partial charge in [0.25, 0.3) is 0 Å². The summed E-state index contributed by atoms with van der Waals surface area (Å²) in [4.78, 5) is 2.22. The summed E-state index contributed by atoms with van der Waals surface area (Å²) in [6, 6.07) is 13.2. The molecule has 2 heterocycles. The van der Waals surface area contributed by atoms with Gasteiger partial charge < -0.3 is 5.32 Å². The minimum atomic E-state index is -3.88. The number of rotatable bonds is 4. The molecule has 154 valence electrons. The zero-order valence-corrected chi connectivity index (χ0v) is 17.6. The average molecular weight is 449 g/mol. The molecule has 1 N–H and O–H groups in total. The van der Waals surface area contributed by atoms with Gasteiger partial charge in [-0.25, -0.2) is 13.0 Å². The van der Waals surface area contributed by atoms with E-state index in [1.807, 2.05) is 0 Å². The van der Waals surface area contributed by atoms with E-state index in [1.165, 1.54) is 10.4 Å². The fraction of sp³-hybridized carbons (Fsp3) is 0.333. The normalized spacial score (nSPS) is 18.2. The van der Waals surface area contributed by atoms with Crippen LogP contribution in [-0.2, 0) is 10.2 Å². The van der Waals surface area contributed by atoms with Crippen molar-refractivity contribution in [3.63, 3.8) is 0 Å². The van der Waals surface area contributed by atoms with Crippen LogP contribution in [0.3, 0.4) is 0 Å². The largest absolute Gasteiger partial charge is 0.331 e. The van der Waals surface area contributed by atoms with Gasteiger partial charge in [0.15, 0.2) is 0 Å². The van der Waals surface area contributed by atoms with Gasteiger partial charge in [0, 0.05) is 39.3 Å². The van der Waals surface area contributed by atoms with Gasteiger partial charge in [0.05, 0.1) is 11.4 Å². The smallest absolute Gasteiger partial charge is 0.314 e. The summed E-state index contributed by atoms with van der Waals surface area (Å²) in [5, 5.41) is 3.28. The van der Waals surface area contributed by atoms with E-state index in [1.54, 1.807) is 42.5 Å². The topological polar surface area (TPSA) is 55.9 Å². The highest BCUT2D eigenvalue weighted by atomic mass is 35.5. The first-order valence-corrected chi connectivity index (χ1v) is 10.1. The zero-order valence-electron chi connectivity index (χ0n) is 15.1. The molecule has 0 bridgehead atoms. The van der Waals surface area contributed by atoms with E-state index in [0.29, 0.717) is 24.5 Å². The van der Waals surface area contributed by atoms with Crippen LogP contribution in [0.5, 0.6) is 0 Å². The van der Waals surface area contributed by atoms with Crippen LogP contribution in [0.25, 0.3) is 0 Å². The van der Waals surface area contributed by atoms with Gasteiger partial charge in [-0.2, -0.15) is 8.42 Å². The molecule has 2 aliphatic rings. The van der Waals surface area contributed by atoms with E-state index < -0.39 is 16.0 Å². The number of anilines is 3. The molecule has 6 nitrogen and oxygen atoms in total. The van der Waals surface area contributed by atoms with Gasteiger partial charge in [-0.15, -0.1) is 24.8 Å². The molecule has 2 aromatic rings. The third-order valence-electron chi connectivity index (χ3n) is 4.77. The predicted octanol–water partition coefficient (Wildman–Crippen LogP) is 2.78. The van der Waals surface area contributed by atoms with Crippen LogP contribution >= 0.6 is 24.8 Å². The Morgan fingerprint density at radius 2 is 1.61 bits per heavy atom. The molecule has 4 rings (SSSR count). The fourth-order valence-corrected chi connectivity index (χ4v) is 5.18. The second-order valence-electron chi connectivity index (χ2n) is 6.38. The Morgan fingerprint density at radius 3 is 2.29 bits per heavy atom. The van der Waals surface area contributed by atoms with Crippen LogP contribution < -0.4 is 13.9 Å². The molecule has 0 unspecified atom stereocenters. The average Bonchev–Trinajstić information content (AvgIpc) is 2.89. The maximum absolute atomic E-state index is 14.6. The lowest BCUT2D eigenvalue weighted by molar-refractivity contribution is 0.248. The van der Waals surface area contributed by atoms with Crippen molar-refractivity contribution >= 4 is 52.1 Å². The first-order chi connectivity index (χ1) is 12.6. The highest BCUT2D eigenvalue weighted by Crippen LogP contribution is 2.46. The van der Waals surface area contributed by atoms with E-state index >= 15 is 0 Å². The van der Waals surface area contributed by atoms with Gasteiger partial charge in [-0.1, -0.05) is 24.3 Å². The molecular formula is C18H23Cl2FN4O2S. The summed E-state index contributed by atoms with van der Waals surface area (Å²) in [6.07, 6.45) is 0. The Balaban J connectivity index is 0.00000140. The molecule has 0 atom stereocenters. The second kappa shape index (κ2) is 9.28. The van der Waals surface area contributed by atoms with E-state index in [2.05, 4.69) is 10.2 Å². The van der Waals surface area contributed by atoms with Gasteiger partial charge in [0.1, 0.15) is 11.5 Å². The van der Waals surface area contributed by atoms with E-state index in [-0.39, 0.29) is 30.5 Å². The van der Waals surface area contributed by atoms with E-state index in [9.17, 15) is 12.8 Å². The van der Waals surface area contributed by atoms with Gasteiger partial charge in [-0.3, -0.25) is 4.90 Å². The summed E-state index contributed by atoms with van der Waals surface area (Å²) in [6.45, 7) is 4.46. The van der Waals surface area contributed by atoms with Crippen molar-refractivity contribution < 1.29 is 12.8 Å². The lowest BCUT2D eigenvalue weighted by Crippen LogP contribution is -2.47. The van der Waals surface area contributed by atoms with Crippen molar-refractivity contribution in [2.45, 2.75) is 0 Å². The molecule has 2 aliphatic heterocycles. The SMILES string of the molecule is Cl.Cl.O=S1(=O)N(CCN2CCNCC2)c2cccc(F)c2N1c1ccccc1. The Labute approximate surface area is 177 Å². The Hall–Kier alpha value is -1.58. The maximum Gasteiger partial charge on any atom is 0.331 e. The number of benzene rings is 2. The lowest BCUT2D eigenvalue weighted by Gasteiger charge is -2.29. The number of halogens is 3. The molecule has 0 spiro atoms. The van der Waals surface area contributed by atoms with Gasteiger partial charge in [0.2, 0.25) is 0 Å². The van der Waals surface area contributed by atoms with Crippen molar-refractivity contribution in [3.8, 4) is 0 Å². The molecule has 1 fully saturated rings. The molecule has 0 aliphatic carbocycles. The highest BCUT2D eigenvalue weighted by Gasteiger charge is 2.43. The third kappa shape index (κ3) is 4.06. The van der Waals surface area contributed by atoms with Crippen molar-refractivity contribution in [3.05, 3.63) is 54.3 Å². The lowest BCUT2D eigenvalue weighted by atomic mass is 10.2. The predicted molar refractivity (Wildman–Crippen MR) is 115 cm³/mol. The van der Waals surface area contributed by atoms with Crippen LogP contribution in [0, 0.1) is 5.82 Å². The Morgan fingerprint density at radius 1 is 0.929 bits per heavy atom. The summed E-state index contributed by atoms with van der Waals surface area (Å²) in [5.41, 5.74) is 0.923. The van der Waals surface area contributed by atoms with E-state index in [4.69, 9.17) is 0 Å². The number of fused-ring (bicyclic) bond motifs is 1. The first-order valence-electron chi connectivity index (χ1n) is 8.69. The molecule has 0 amide bonds. The van der Waals surface area contributed by atoms with Crippen LogP contribution in [0.1, 0.15) is 0 Å². The second-order valence-corrected chi connectivity index (χ2v) is 8.08. The number of hydrogen-bond acceptors (Lipinski definition) is 4. The summed E-state index contributed by atoms with van der Waals surface area (Å²) in [7, 11) is -3.88. The number of para-hydroxylation sites is 2. The van der Waals surface area contributed by atoms with Gasteiger partial charge in [-0.05, 0) is 24.3 Å². The maximum atomic E-state index is 14.6. The van der Waals surface area contributed by atoms with Crippen molar-refractivity contribution in [1.29, 1.82) is 0 Å². The Bertz CT molecular complexity index is 896. The molecule has 28 heavy (non-hydrogen) atoms. The summed E-state index contributed by atoms with van der Waals surface area (Å²) >= 11 is 0. The fourth-order valence-electron chi connectivity index (χ4n) is 3.47. The van der Waals surface area contributed by atoms with Crippen LogP contribution in [-0.4, -0.2) is 52.6 Å². The highest BCUT2D eigenvalue weighted by molar-refractivity contribution is 7.95. The molecule has 0 aromatic heterocycles. The molecule has 0 radical (unpaired) electrons. The van der Waals surface area contributed by atoms with Crippen LogP contribution in [0.15, 0.2) is 48.5 Å². The van der Waals surface area contributed by atoms with Crippen molar-refractivity contribution in [2.24, 2.45) is 0 Å². The first kappa shape index (κ1) is 22.7. The molecule has 0 saturated carbocycles. The summed E-state index contributed by atoms with van der Waals surface area (Å²) < 4.78 is 43.5.